The smallest absolute Gasteiger partial charge is 0.343 e. The highest BCUT2D eigenvalue weighted by Gasteiger charge is 2.17. The van der Waals surface area contributed by atoms with Gasteiger partial charge in [-0.15, -0.1) is 5.10 Å². The Balaban J connectivity index is 1.85. The zero-order valence-corrected chi connectivity index (χ0v) is 14.3. The van der Waals surface area contributed by atoms with Gasteiger partial charge >= 0.3 is 5.97 Å². The predicted molar refractivity (Wildman–Crippen MR) is 92.2 cm³/mol. The van der Waals surface area contributed by atoms with Gasteiger partial charge in [0, 0.05) is 17.0 Å². The minimum Gasteiger partial charge on any atom is -0.462 e. The van der Waals surface area contributed by atoms with Crippen LogP contribution in [0.25, 0.3) is 5.78 Å². The minimum atomic E-state index is -0.537. The van der Waals surface area contributed by atoms with E-state index in [1.54, 1.807) is 6.92 Å². The zero-order chi connectivity index (χ0) is 17.1. The number of carbonyl (C=O) groups excluding carboxylic acids is 1. The molecule has 0 bridgehead atoms. The molecule has 0 aliphatic rings. The first-order valence-electron chi connectivity index (χ1n) is 7.14. The molecular formula is C15H14ClN5O2S. The van der Waals surface area contributed by atoms with Crippen molar-refractivity contribution in [2.24, 2.45) is 0 Å². The lowest BCUT2D eigenvalue weighted by Gasteiger charge is -2.04. The number of ether oxygens (including phenoxy) is 1. The maximum atomic E-state index is 11.8. The molecule has 3 rings (SSSR count). The molecule has 2 heterocycles. The standard InChI is InChI=1S/C15H14ClN5O2S/c1-2-23-13(22)10-7-18-14-19-15(20-21(14)12(10)17)24-8-9-5-3-4-6-11(9)16/h3-7H,2,8,17H2,1H3. The van der Waals surface area contributed by atoms with Crippen molar-refractivity contribution in [3.8, 4) is 0 Å². The highest BCUT2D eigenvalue weighted by atomic mass is 35.5. The molecule has 0 unspecified atom stereocenters. The van der Waals surface area contributed by atoms with Gasteiger partial charge in [-0.2, -0.15) is 9.50 Å². The molecule has 3 aromatic rings. The Morgan fingerprint density at radius 2 is 2.21 bits per heavy atom. The maximum absolute atomic E-state index is 11.8. The average molecular weight is 364 g/mol. The van der Waals surface area contributed by atoms with Gasteiger partial charge in [-0.1, -0.05) is 41.6 Å². The topological polar surface area (TPSA) is 95.4 Å². The third-order valence-electron chi connectivity index (χ3n) is 3.19. The van der Waals surface area contributed by atoms with E-state index in [0.29, 0.717) is 21.7 Å². The summed E-state index contributed by atoms with van der Waals surface area (Å²) in [6, 6.07) is 7.57. The predicted octanol–water partition coefficient (Wildman–Crippen LogP) is 2.83. The number of nitrogens with two attached hydrogens (primary N) is 1. The first-order chi connectivity index (χ1) is 11.6. The number of hydrogen-bond acceptors (Lipinski definition) is 7. The van der Waals surface area contributed by atoms with Crippen molar-refractivity contribution in [1.82, 2.24) is 19.6 Å². The SMILES string of the molecule is CCOC(=O)c1cnc2nc(SCc3ccccc3Cl)nn2c1N. The fraction of sp³-hybridized carbons (Fsp3) is 0.200. The van der Waals surface area contributed by atoms with Crippen LogP contribution in [-0.4, -0.2) is 32.2 Å². The van der Waals surface area contributed by atoms with Gasteiger partial charge in [-0.05, 0) is 18.6 Å². The van der Waals surface area contributed by atoms with Gasteiger partial charge in [0.1, 0.15) is 11.4 Å². The van der Waals surface area contributed by atoms with Crippen molar-refractivity contribution in [2.75, 3.05) is 12.3 Å². The molecule has 0 aliphatic carbocycles. The average Bonchev–Trinajstić information content (AvgIpc) is 2.99. The lowest BCUT2D eigenvalue weighted by atomic mass is 10.2. The van der Waals surface area contributed by atoms with E-state index in [9.17, 15) is 4.79 Å². The van der Waals surface area contributed by atoms with Crippen molar-refractivity contribution in [2.45, 2.75) is 17.8 Å². The molecule has 0 saturated carbocycles. The third-order valence-corrected chi connectivity index (χ3v) is 4.45. The summed E-state index contributed by atoms with van der Waals surface area (Å²) in [5.41, 5.74) is 7.13. The van der Waals surface area contributed by atoms with Gasteiger partial charge in [-0.25, -0.2) is 9.78 Å². The van der Waals surface area contributed by atoms with Crippen LogP contribution in [0.15, 0.2) is 35.6 Å². The van der Waals surface area contributed by atoms with Gasteiger partial charge in [0.25, 0.3) is 5.78 Å². The molecule has 0 spiro atoms. The lowest BCUT2D eigenvalue weighted by Crippen LogP contribution is -2.12. The van der Waals surface area contributed by atoms with Gasteiger partial charge in [-0.3, -0.25) is 0 Å². The molecule has 0 radical (unpaired) electrons. The number of anilines is 1. The number of hydrogen-bond donors (Lipinski definition) is 1. The number of nitrogen functional groups attached to an aromatic ring is 1. The number of aromatic nitrogens is 4. The number of carbonyl (C=O) groups is 1. The second-order valence-corrected chi connectivity index (χ2v) is 6.11. The first-order valence-corrected chi connectivity index (χ1v) is 8.51. The van der Waals surface area contributed by atoms with E-state index in [1.165, 1.54) is 22.5 Å². The van der Waals surface area contributed by atoms with E-state index in [4.69, 9.17) is 22.1 Å². The molecule has 0 amide bonds. The number of rotatable bonds is 5. The Hall–Kier alpha value is -2.32. The molecule has 0 aliphatic heterocycles. The van der Waals surface area contributed by atoms with Crippen molar-refractivity contribution in [3.63, 3.8) is 0 Å². The highest BCUT2D eigenvalue weighted by molar-refractivity contribution is 7.98. The first kappa shape index (κ1) is 16.5. The van der Waals surface area contributed by atoms with E-state index in [1.807, 2.05) is 24.3 Å². The van der Waals surface area contributed by atoms with E-state index in [-0.39, 0.29) is 18.0 Å². The Bertz CT molecular complexity index is 899. The number of halogens is 1. The minimum absolute atomic E-state index is 0.149. The van der Waals surface area contributed by atoms with Crippen LogP contribution >= 0.6 is 23.4 Å². The van der Waals surface area contributed by atoms with Crippen molar-refractivity contribution in [3.05, 3.63) is 46.6 Å². The molecule has 9 heteroatoms. The Morgan fingerprint density at radius 3 is 2.96 bits per heavy atom. The van der Waals surface area contributed by atoms with Crippen LogP contribution in [0.4, 0.5) is 5.82 Å². The fourth-order valence-electron chi connectivity index (χ4n) is 2.02. The molecule has 2 aromatic heterocycles. The van der Waals surface area contributed by atoms with Gasteiger partial charge < -0.3 is 10.5 Å². The van der Waals surface area contributed by atoms with Crippen LogP contribution in [0.3, 0.4) is 0 Å². The summed E-state index contributed by atoms with van der Waals surface area (Å²) in [6.45, 7) is 1.98. The molecule has 1 aromatic carbocycles. The molecule has 2 N–H and O–H groups in total. The second-order valence-electron chi connectivity index (χ2n) is 4.76. The molecule has 7 nitrogen and oxygen atoms in total. The highest BCUT2D eigenvalue weighted by Crippen LogP contribution is 2.25. The van der Waals surface area contributed by atoms with Crippen LogP contribution in [-0.2, 0) is 10.5 Å². The van der Waals surface area contributed by atoms with E-state index in [0.717, 1.165) is 5.56 Å². The van der Waals surface area contributed by atoms with Crippen molar-refractivity contribution < 1.29 is 9.53 Å². The number of nitrogens with zero attached hydrogens (tertiary/aromatic N) is 4. The molecule has 0 saturated heterocycles. The summed E-state index contributed by atoms with van der Waals surface area (Å²) >= 11 is 7.54. The monoisotopic (exact) mass is 363 g/mol. The summed E-state index contributed by atoms with van der Waals surface area (Å²) in [7, 11) is 0. The second kappa shape index (κ2) is 7.06. The summed E-state index contributed by atoms with van der Waals surface area (Å²) in [5, 5.41) is 5.48. The van der Waals surface area contributed by atoms with Gasteiger partial charge in [0.2, 0.25) is 5.16 Å². The normalized spacial score (nSPS) is 10.9. The Morgan fingerprint density at radius 1 is 1.42 bits per heavy atom. The molecule has 0 atom stereocenters. The van der Waals surface area contributed by atoms with Crippen LogP contribution in [0.1, 0.15) is 22.8 Å². The van der Waals surface area contributed by atoms with Gasteiger partial charge in [0.05, 0.1) is 6.61 Å². The van der Waals surface area contributed by atoms with E-state index in [2.05, 4.69) is 15.1 Å². The van der Waals surface area contributed by atoms with Crippen LogP contribution in [0.2, 0.25) is 5.02 Å². The van der Waals surface area contributed by atoms with Crippen LogP contribution in [0.5, 0.6) is 0 Å². The summed E-state index contributed by atoms with van der Waals surface area (Å²) in [6.07, 6.45) is 1.35. The largest absolute Gasteiger partial charge is 0.462 e. The van der Waals surface area contributed by atoms with Crippen molar-refractivity contribution >= 4 is 40.9 Å². The van der Waals surface area contributed by atoms with E-state index >= 15 is 0 Å². The number of benzene rings is 1. The van der Waals surface area contributed by atoms with Crippen LogP contribution in [0, 0.1) is 0 Å². The Kier molecular flexibility index (Phi) is 4.86. The molecule has 24 heavy (non-hydrogen) atoms. The number of thioether (sulfide) groups is 1. The maximum Gasteiger partial charge on any atom is 0.343 e. The molecule has 0 fully saturated rings. The van der Waals surface area contributed by atoms with Crippen molar-refractivity contribution in [1.29, 1.82) is 0 Å². The quantitative estimate of drug-likeness (QED) is 0.550. The summed E-state index contributed by atoms with van der Waals surface area (Å²) in [5.74, 6) is 0.546. The van der Waals surface area contributed by atoms with E-state index < -0.39 is 5.97 Å². The van der Waals surface area contributed by atoms with Gasteiger partial charge in [0.15, 0.2) is 0 Å². The molecular weight excluding hydrogens is 350 g/mol. The fourth-order valence-corrected chi connectivity index (χ4v) is 3.12. The Labute approximate surface area is 147 Å². The lowest BCUT2D eigenvalue weighted by molar-refractivity contribution is 0.0526. The summed E-state index contributed by atoms with van der Waals surface area (Å²) in [4.78, 5) is 20.2. The summed E-state index contributed by atoms with van der Waals surface area (Å²) < 4.78 is 6.28. The number of fused-ring (bicyclic) bond motifs is 1. The third kappa shape index (κ3) is 3.29. The number of esters is 1. The zero-order valence-electron chi connectivity index (χ0n) is 12.8. The van der Waals surface area contributed by atoms with Crippen LogP contribution < -0.4 is 5.73 Å². The molecule has 124 valence electrons.